The summed E-state index contributed by atoms with van der Waals surface area (Å²) >= 11 is 1.60. The van der Waals surface area contributed by atoms with Gasteiger partial charge in [0.2, 0.25) is 10.0 Å². The summed E-state index contributed by atoms with van der Waals surface area (Å²) in [6, 6.07) is 5.91. The quantitative estimate of drug-likeness (QED) is 0.539. The van der Waals surface area contributed by atoms with E-state index < -0.39 is 14.9 Å². The summed E-state index contributed by atoms with van der Waals surface area (Å²) in [4.78, 5) is 12.8. The topological polar surface area (TPSA) is 92.5 Å². The molecule has 1 unspecified atom stereocenters. The van der Waals surface area contributed by atoms with Crippen molar-refractivity contribution in [3.8, 4) is 0 Å². The second kappa shape index (κ2) is 9.13. The van der Waals surface area contributed by atoms with Gasteiger partial charge in [-0.3, -0.25) is 15.0 Å². The Morgan fingerprint density at radius 1 is 1.21 bits per heavy atom. The number of nitrogens with zero attached hydrogens (tertiary/aromatic N) is 2. The van der Waals surface area contributed by atoms with Crippen LogP contribution >= 0.6 is 11.3 Å². The van der Waals surface area contributed by atoms with Crippen LogP contribution in [0.1, 0.15) is 42.9 Å². The molecule has 1 saturated heterocycles. The first-order valence-corrected chi connectivity index (χ1v) is 11.8. The number of thiophene rings is 1. The van der Waals surface area contributed by atoms with Crippen molar-refractivity contribution in [3.63, 3.8) is 0 Å². The highest BCUT2D eigenvalue weighted by molar-refractivity contribution is 7.89. The van der Waals surface area contributed by atoms with Gasteiger partial charge in [0, 0.05) is 24.7 Å². The Morgan fingerprint density at radius 2 is 1.93 bits per heavy atom. The molecule has 0 saturated carbocycles. The number of nitro benzene ring substituents is 1. The van der Waals surface area contributed by atoms with E-state index in [9.17, 15) is 18.5 Å². The van der Waals surface area contributed by atoms with Gasteiger partial charge in [-0.1, -0.05) is 18.9 Å². The van der Waals surface area contributed by atoms with Crippen molar-refractivity contribution in [2.75, 3.05) is 19.6 Å². The molecular formula is C19H25N3O4S2. The fourth-order valence-corrected chi connectivity index (χ4v) is 5.60. The molecule has 152 valence electrons. The van der Waals surface area contributed by atoms with Crippen LogP contribution in [0.3, 0.4) is 0 Å². The van der Waals surface area contributed by atoms with Gasteiger partial charge in [-0.25, -0.2) is 13.1 Å². The monoisotopic (exact) mass is 423 g/mol. The van der Waals surface area contributed by atoms with Crippen LogP contribution in [0.5, 0.6) is 0 Å². The molecule has 2 aromatic rings. The van der Waals surface area contributed by atoms with Gasteiger partial charge < -0.3 is 0 Å². The highest BCUT2D eigenvalue weighted by Crippen LogP contribution is 2.27. The normalized spacial score (nSPS) is 17.2. The van der Waals surface area contributed by atoms with Crippen molar-refractivity contribution in [1.82, 2.24) is 9.62 Å². The fourth-order valence-electron chi connectivity index (χ4n) is 3.59. The molecule has 1 atom stereocenters. The number of hydrogen-bond donors (Lipinski definition) is 1. The summed E-state index contributed by atoms with van der Waals surface area (Å²) in [7, 11) is -3.86. The molecule has 2 heterocycles. The van der Waals surface area contributed by atoms with E-state index in [0.29, 0.717) is 5.56 Å². The number of hydrogen-bond acceptors (Lipinski definition) is 6. The molecule has 1 aromatic heterocycles. The van der Waals surface area contributed by atoms with Gasteiger partial charge in [0.15, 0.2) is 0 Å². The molecule has 1 aromatic carbocycles. The van der Waals surface area contributed by atoms with E-state index in [0.717, 1.165) is 37.6 Å². The molecule has 0 bridgehead atoms. The van der Waals surface area contributed by atoms with Crippen molar-refractivity contribution in [2.24, 2.45) is 0 Å². The Bertz CT molecular complexity index is 905. The zero-order valence-corrected chi connectivity index (χ0v) is 17.5. The van der Waals surface area contributed by atoms with Crippen molar-refractivity contribution in [3.05, 3.63) is 56.3 Å². The first-order chi connectivity index (χ1) is 13.4. The zero-order valence-electron chi connectivity index (χ0n) is 15.8. The van der Waals surface area contributed by atoms with Crippen molar-refractivity contribution < 1.29 is 13.3 Å². The minimum absolute atomic E-state index is 0.0402. The maximum atomic E-state index is 12.9. The highest BCUT2D eigenvalue weighted by Gasteiger charge is 2.26. The average molecular weight is 424 g/mol. The molecule has 1 N–H and O–H groups in total. The van der Waals surface area contributed by atoms with Crippen molar-refractivity contribution in [2.45, 2.75) is 43.5 Å². The number of non-ortho nitro benzene ring substituents is 1. The summed E-state index contributed by atoms with van der Waals surface area (Å²) in [6.45, 7) is 3.76. The summed E-state index contributed by atoms with van der Waals surface area (Å²) in [5.41, 5.74) is 1.36. The third-order valence-electron chi connectivity index (χ3n) is 5.15. The minimum atomic E-state index is -3.86. The van der Waals surface area contributed by atoms with Crippen molar-refractivity contribution >= 4 is 27.0 Å². The van der Waals surface area contributed by atoms with E-state index in [1.54, 1.807) is 18.3 Å². The summed E-state index contributed by atoms with van der Waals surface area (Å²) in [5.74, 6) is 0. The smallest absolute Gasteiger partial charge is 0.270 e. The van der Waals surface area contributed by atoms with Crippen LogP contribution in [0, 0.1) is 17.0 Å². The lowest BCUT2D eigenvalue weighted by molar-refractivity contribution is -0.385. The van der Waals surface area contributed by atoms with Gasteiger partial charge in [0.05, 0.1) is 9.82 Å². The van der Waals surface area contributed by atoms with Crippen molar-refractivity contribution in [1.29, 1.82) is 0 Å². The zero-order chi connectivity index (χ0) is 20.1. The van der Waals surface area contributed by atoms with Gasteiger partial charge in [0.1, 0.15) is 0 Å². The van der Waals surface area contributed by atoms with E-state index >= 15 is 0 Å². The number of aryl methyl sites for hydroxylation is 1. The second-order valence-electron chi connectivity index (χ2n) is 7.08. The third kappa shape index (κ3) is 4.96. The molecule has 1 aliphatic heterocycles. The predicted octanol–water partition coefficient (Wildman–Crippen LogP) is 3.86. The summed E-state index contributed by atoms with van der Waals surface area (Å²) in [6.07, 6.45) is 4.62. The fraction of sp³-hybridized carbons (Fsp3) is 0.474. The van der Waals surface area contributed by atoms with Crippen LogP contribution in [0.15, 0.2) is 39.9 Å². The standard InChI is InChI=1S/C19H25N3O4S2/c1-15-6-7-17(22(23)24)12-19(15)28(25,26)20-13-18(16-8-11-27-14-16)21-9-4-2-3-5-10-21/h6-8,11-12,14,18,20H,2-5,9-10,13H2,1H3. The lowest BCUT2D eigenvalue weighted by Crippen LogP contribution is -2.38. The first-order valence-electron chi connectivity index (χ1n) is 9.39. The molecule has 0 radical (unpaired) electrons. The SMILES string of the molecule is Cc1ccc([N+](=O)[O-])cc1S(=O)(=O)NCC(c1ccsc1)N1CCCCCC1. The Kier molecular flexibility index (Phi) is 6.82. The lowest BCUT2D eigenvalue weighted by atomic mass is 10.1. The molecule has 1 fully saturated rings. The van der Waals surface area contributed by atoms with E-state index in [-0.39, 0.29) is 23.2 Å². The molecular weight excluding hydrogens is 398 g/mol. The predicted molar refractivity (Wildman–Crippen MR) is 110 cm³/mol. The van der Waals surface area contributed by atoms with Gasteiger partial charge in [-0.15, -0.1) is 0 Å². The number of nitro groups is 1. The molecule has 3 rings (SSSR count). The van der Waals surface area contributed by atoms with Gasteiger partial charge >= 0.3 is 0 Å². The first kappa shape index (κ1) is 20.9. The van der Waals surface area contributed by atoms with Gasteiger partial charge in [0.25, 0.3) is 5.69 Å². The number of benzene rings is 1. The molecule has 0 aliphatic carbocycles. The van der Waals surface area contributed by atoms with Crippen LogP contribution in [0.25, 0.3) is 0 Å². The Balaban J connectivity index is 1.82. The maximum Gasteiger partial charge on any atom is 0.270 e. The molecule has 0 spiro atoms. The van der Waals surface area contributed by atoms with E-state index in [1.165, 1.54) is 25.0 Å². The van der Waals surface area contributed by atoms with E-state index in [2.05, 4.69) is 15.0 Å². The van der Waals surface area contributed by atoms with Gasteiger partial charge in [-0.2, -0.15) is 11.3 Å². The average Bonchev–Trinajstić information content (AvgIpc) is 3.05. The summed E-state index contributed by atoms with van der Waals surface area (Å²) in [5, 5.41) is 15.1. The molecule has 1 aliphatic rings. The highest BCUT2D eigenvalue weighted by atomic mass is 32.2. The van der Waals surface area contributed by atoms with E-state index in [4.69, 9.17) is 0 Å². The summed E-state index contributed by atoms with van der Waals surface area (Å²) < 4.78 is 28.5. The maximum absolute atomic E-state index is 12.9. The Morgan fingerprint density at radius 3 is 2.54 bits per heavy atom. The van der Waals surface area contributed by atoms with Crippen LogP contribution in [-0.2, 0) is 10.0 Å². The second-order valence-corrected chi connectivity index (χ2v) is 9.60. The van der Waals surface area contributed by atoms with Gasteiger partial charge in [-0.05, 0) is 60.8 Å². The van der Waals surface area contributed by atoms with Crippen LogP contribution in [0.4, 0.5) is 5.69 Å². The number of rotatable bonds is 7. The minimum Gasteiger partial charge on any atom is -0.295 e. The largest absolute Gasteiger partial charge is 0.295 e. The molecule has 7 nitrogen and oxygen atoms in total. The number of likely N-dealkylation sites (tertiary alicyclic amines) is 1. The molecule has 9 heteroatoms. The molecule has 0 amide bonds. The molecule has 28 heavy (non-hydrogen) atoms. The van der Waals surface area contributed by atoms with Crippen LogP contribution in [-0.4, -0.2) is 37.9 Å². The lowest BCUT2D eigenvalue weighted by Gasteiger charge is -2.30. The Hall–Kier alpha value is -1.81. The van der Waals surface area contributed by atoms with E-state index in [1.807, 2.05) is 11.4 Å². The van der Waals surface area contributed by atoms with Crippen LogP contribution in [0.2, 0.25) is 0 Å². The number of nitrogens with one attached hydrogen (secondary N) is 1. The third-order valence-corrected chi connectivity index (χ3v) is 7.42. The van der Waals surface area contributed by atoms with Crippen LogP contribution < -0.4 is 4.72 Å². The number of sulfonamides is 1. The Labute approximate surface area is 169 Å².